The molecule has 0 spiro atoms. The van der Waals surface area contributed by atoms with Gasteiger partial charge in [0, 0.05) is 0 Å². The van der Waals surface area contributed by atoms with E-state index in [2.05, 4.69) is 13.8 Å². The lowest BCUT2D eigenvalue weighted by molar-refractivity contribution is 0.0495. The molecule has 0 atom stereocenters. The summed E-state index contributed by atoms with van der Waals surface area (Å²) < 4.78 is 16.4. The Morgan fingerprint density at radius 1 is 0.413 bits per heavy atom. The monoisotopic (exact) mass is 645 g/mol. The Bertz CT molecular complexity index is 787. The molecule has 0 aliphatic heterocycles. The van der Waals surface area contributed by atoms with Gasteiger partial charge in [-0.25, -0.2) is 9.59 Å². The highest BCUT2D eigenvalue weighted by molar-refractivity contribution is 5.96. The van der Waals surface area contributed by atoms with Gasteiger partial charge in [-0.3, -0.25) is 0 Å². The number of benzene rings is 1. The van der Waals surface area contributed by atoms with Crippen molar-refractivity contribution in [1.29, 1.82) is 0 Å². The van der Waals surface area contributed by atoms with Crippen molar-refractivity contribution in [3.63, 3.8) is 0 Å². The Labute approximate surface area is 284 Å². The second-order valence-corrected chi connectivity index (χ2v) is 13.4. The lowest BCUT2D eigenvalue weighted by atomic mass is 10.0. The molecule has 0 aromatic heterocycles. The number of carbonyl (C=O) groups excluding carboxylic acids is 2. The molecule has 1 aromatic carbocycles. The van der Waals surface area contributed by atoms with Crippen molar-refractivity contribution in [2.75, 3.05) is 20.3 Å². The quantitative estimate of drug-likeness (QED) is 0.0563. The largest absolute Gasteiger partial charge is 0.497 e. The Morgan fingerprint density at radius 3 is 0.935 bits per heavy atom. The first-order valence-electron chi connectivity index (χ1n) is 19.7. The van der Waals surface area contributed by atoms with E-state index in [1.165, 1.54) is 161 Å². The van der Waals surface area contributed by atoms with Crippen molar-refractivity contribution in [3.05, 3.63) is 29.3 Å². The molecular weight excluding hydrogens is 572 g/mol. The molecule has 0 aliphatic rings. The van der Waals surface area contributed by atoms with Crippen LogP contribution in [0.1, 0.15) is 214 Å². The molecule has 0 N–H and O–H groups in total. The lowest BCUT2D eigenvalue weighted by Crippen LogP contribution is -2.11. The molecule has 0 saturated heterocycles. The zero-order valence-electron chi connectivity index (χ0n) is 30.5. The van der Waals surface area contributed by atoms with Crippen molar-refractivity contribution in [3.8, 4) is 5.75 Å². The molecule has 266 valence electrons. The molecule has 1 aromatic rings. The summed E-state index contributed by atoms with van der Waals surface area (Å²) in [6.45, 7) is 5.33. The average Bonchev–Trinajstić information content (AvgIpc) is 3.07. The third kappa shape index (κ3) is 24.2. The van der Waals surface area contributed by atoms with Gasteiger partial charge in [-0.1, -0.05) is 181 Å². The third-order valence-corrected chi connectivity index (χ3v) is 9.08. The summed E-state index contributed by atoms with van der Waals surface area (Å²) in [7, 11) is 1.53. The lowest BCUT2D eigenvalue weighted by Gasteiger charge is -2.10. The predicted molar refractivity (Wildman–Crippen MR) is 194 cm³/mol. The van der Waals surface area contributed by atoms with Crippen LogP contribution in [0.5, 0.6) is 5.75 Å². The van der Waals surface area contributed by atoms with Crippen LogP contribution in [0.15, 0.2) is 18.2 Å². The first kappa shape index (κ1) is 42.0. The maximum absolute atomic E-state index is 12.7. The van der Waals surface area contributed by atoms with Crippen LogP contribution in [-0.4, -0.2) is 32.3 Å². The summed E-state index contributed by atoms with van der Waals surface area (Å²) in [6.07, 6.45) is 36.1. The molecule has 0 bridgehead atoms. The standard InChI is InChI=1S/C41H72O5/c1-4-6-8-10-12-14-16-18-20-22-24-26-28-30-32-45-40(42)37-34-38(36-39(35-37)44-3)41(43)46-33-31-29-27-25-23-21-19-17-15-13-11-9-7-5-2/h34-36H,4-33H2,1-3H3. The van der Waals surface area contributed by atoms with Gasteiger partial charge in [-0.2, -0.15) is 0 Å². The predicted octanol–water partition coefficient (Wildman–Crippen LogP) is 13.0. The maximum Gasteiger partial charge on any atom is 0.338 e. The topological polar surface area (TPSA) is 61.8 Å². The zero-order chi connectivity index (χ0) is 33.3. The fourth-order valence-electron chi connectivity index (χ4n) is 6.04. The first-order valence-corrected chi connectivity index (χ1v) is 19.7. The normalized spacial score (nSPS) is 11.1. The van der Waals surface area contributed by atoms with Crippen molar-refractivity contribution in [2.45, 2.75) is 194 Å². The molecule has 0 unspecified atom stereocenters. The van der Waals surface area contributed by atoms with E-state index < -0.39 is 11.9 Å². The van der Waals surface area contributed by atoms with E-state index in [0.717, 1.165) is 25.7 Å². The van der Waals surface area contributed by atoms with Gasteiger partial charge in [0.15, 0.2) is 0 Å². The molecule has 0 saturated carbocycles. The second-order valence-electron chi connectivity index (χ2n) is 13.4. The third-order valence-electron chi connectivity index (χ3n) is 9.08. The van der Waals surface area contributed by atoms with Crippen molar-refractivity contribution in [2.24, 2.45) is 0 Å². The Balaban J connectivity index is 2.11. The van der Waals surface area contributed by atoms with Gasteiger partial charge in [-0.15, -0.1) is 0 Å². The van der Waals surface area contributed by atoms with Crippen LogP contribution in [0.4, 0.5) is 0 Å². The zero-order valence-corrected chi connectivity index (χ0v) is 30.5. The summed E-state index contributed by atoms with van der Waals surface area (Å²) in [5.41, 5.74) is 0.654. The fraction of sp³-hybridized carbons (Fsp3) is 0.805. The number of ether oxygens (including phenoxy) is 3. The maximum atomic E-state index is 12.7. The Kier molecular flexibility index (Phi) is 28.8. The fourth-order valence-corrected chi connectivity index (χ4v) is 6.04. The number of carbonyl (C=O) groups is 2. The minimum Gasteiger partial charge on any atom is -0.497 e. The molecule has 0 aliphatic carbocycles. The number of hydrogen-bond acceptors (Lipinski definition) is 5. The van der Waals surface area contributed by atoms with Gasteiger partial charge in [0.1, 0.15) is 5.75 Å². The number of methoxy groups -OCH3 is 1. The van der Waals surface area contributed by atoms with Crippen LogP contribution < -0.4 is 4.74 Å². The summed E-state index contributed by atoms with van der Waals surface area (Å²) in [5, 5.41) is 0. The molecular formula is C41H72O5. The Hall–Kier alpha value is -2.04. The van der Waals surface area contributed by atoms with Gasteiger partial charge < -0.3 is 14.2 Å². The highest BCUT2D eigenvalue weighted by Gasteiger charge is 2.15. The van der Waals surface area contributed by atoms with Crippen molar-refractivity contribution < 1.29 is 23.8 Å². The first-order chi connectivity index (χ1) is 22.6. The summed E-state index contributed by atoms with van der Waals surface area (Å²) in [4.78, 5) is 25.4. The van der Waals surface area contributed by atoms with Crippen LogP contribution in [0, 0.1) is 0 Å². The molecule has 46 heavy (non-hydrogen) atoms. The number of esters is 2. The summed E-state index contributed by atoms with van der Waals surface area (Å²) in [5.74, 6) is -0.390. The highest BCUT2D eigenvalue weighted by atomic mass is 16.5. The van der Waals surface area contributed by atoms with E-state index >= 15 is 0 Å². The van der Waals surface area contributed by atoms with Crippen LogP contribution in [0.3, 0.4) is 0 Å². The van der Waals surface area contributed by atoms with Gasteiger partial charge in [0.05, 0.1) is 31.5 Å². The van der Waals surface area contributed by atoms with Crippen molar-refractivity contribution >= 4 is 11.9 Å². The SMILES string of the molecule is CCCCCCCCCCCCCCCCOC(=O)c1cc(OC)cc(C(=O)OCCCCCCCCCCCCCCCC)c1. The number of rotatable bonds is 33. The van der Waals surface area contributed by atoms with E-state index in [0.29, 0.717) is 30.1 Å². The Morgan fingerprint density at radius 2 is 0.674 bits per heavy atom. The van der Waals surface area contributed by atoms with Gasteiger partial charge >= 0.3 is 11.9 Å². The molecule has 0 radical (unpaired) electrons. The van der Waals surface area contributed by atoms with Gasteiger partial charge in [0.2, 0.25) is 0 Å². The molecule has 0 amide bonds. The number of unbranched alkanes of at least 4 members (excludes halogenated alkanes) is 26. The summed E-state index contributed by atoms with van der Waals surface area (Å²) in [6, 6.07) is 4.81. The molecule has 5 heteroatoms. The number of hydrogen-bond donors (Lipinski definition) is 0. The molecule has 0 fully saturated rings. The smallest absolute Gasteiger partial charge is 0.338 e. The second kappa shape index (κ2) is 31.6. The highest BCUT2D eigenvalue weighted by Crippen LogP contribution is 2.20. The van der Waals surface area contributed by atoms with E-state index in [9.17, 15) is 9.59 Å². The van der Waals surface area contributed by atoms with Gasteiger partial charge in [0.25, 0.3) is 0 Å². The molecule has 1 rings (SSSR count). The van der Waals surface area contributed by atoms with E-state index in [1.54, 1.807) is 18.2 Å². The van der Waals surface area contributed by atoms with Crippen molar-refractivity contribution in [1.82, 2.24) is 0 Å². The minimum atomic E-state index is -0.422. The average molecular weight is 645 g/mol. The van der Waals surface area contributed by atoms with Crippen LogP contribution in [0.25, 0.3) is 0 Å². The summed E-state index contributed by atoms with van der Waals surface area (Å²) >= 11 is 0. The van der Waals surface area contributed by atoms with E-state index in [1.807, 2.05) is 0 Å². The van der Waals surface area contributed by atoms with Crippen LogP contribution in [0.2, 0.25) is 0 Å². The molecule has 0 heterocycles. The van der Waals surface area contributed by atoms with E-state index in [-0.39, 0.29) is 0 Å². The molecule has 5 nitrogen and oxygen atoms in total. The van der Waals surface area contributed by atoms with Gasteiger partial charge in [-0.05, 0) is 31.0 Å². The van der Waals surface area contributed by atoms with E-state index in [4.69, 9.17) is 14.2 Å². The van der Waals surface area contributed by atoms with Crippen LogP contribution in [-0.2, 0) is 9.47 Å². The minimum absolute atomic E-state index is 0.327. The van der Waals surface area contributed by atoms with Crippen LogP contribution >= 0.6 is 0 Å².